The third-order valence-electron chi connectivity index (χ3n) is 1.84. The minimum Gasteiger partial charge on any atom is -0.550 e. The van der Waals surface area contributed by atoms with Crippen molar-refractivity contribution in [2.24, 2.45) is 16.2 Å². The molecule has 0 amide bonds. The molecule has 0 saturated heterocycles. The van der Waals surface area contributed by atoms with Crippen molar-refractivity contribution in [3.05, 3.63) is 0 Å². The van der Waals surface area contributed by atoms with Gasteiger partial charge in [0.2, 0.25) is 0 Å². The number of hydrogen-bond donors (Lipinski definition) is 0. The molecule has 6 nitrogen and oxygen atoms in total. The molecule has 131 valence electrons. The van der Waals surface area contributed by atoms with Crippen LogP contribution in [0.2, 0.25) is 0 Å². The minimum absolute atomic E-state index is 0. The van der Waals surface area contributed by atoms with E-state index in [4.69, 9.17) is 0 Å². The number of carboxylic acids is 3. The molecular formula is C15H27O6V-3. The number of rotatable bonds is 0. The standard InChI is InChI=1S/3C5H10O2.V/c3*1-5(2,3)4(6)7;/h3*1-3H3,(H,6,7);/p-3. The predicted octanol–water partition coefficient (Wildman–Crippen LogP) is -0.655. The smallest absolute Gasteiger partial charge is 0.0467 e. The van der Waals surface area contributed by atoms with E-state index in [9.17, 15) is 29.7 Å². The second-order valence-corrected chi connectivity index (χ2v) is 7.61. The Morgan fingerprint density at radius 3 is 0.545 bits per heavy atom. The van der Waals surface area contributed by atoms with E-state index in [2.05, 4.69) is 0 Å². The Morgan fingerprint density at radius 1 is 0.500 bits per heavy atom. The number of carbonyl (C=O) groups is 3. The van der Waals surface area contributed by atoms with Gasteiger partial charge in [-0.3, -0.25) is 0 Å². The van der Waals surface area contributed by atoms with Gasteiger partial charge in [0, 0.05) is 52.7 Å². The summed E-state index contributed by atoms with van der Waals surface area (Å²) in [7, 11) is 0. The summed E-state index contributed by atoms with van der Waals surface area (Å²) in [5.74, 6) is -3.02. The topological polar surface area (TPSA) is 120 Å². The molecule has 0 saturated carbocycles. The first-order chi connectivity index (χ1) is 8.83. The summed E-state index contributed by atoms with van der Waals surface area (Å²) in [6.07, 6.45) is 0. The van der Waals surface area contributed by atoms with Gasteiger partial charge >= 0.3 is 0 Å². The van der Waals surface area contributed by atoms with Crippen molar-refractivity contribution in [3.8, 4) is 0 Å². The molecule has 0 aromatic heterocycles. The fourth-order valence-corrected chi connectivity index (χ4v) is 0. The fourth-order valence-electron chi connectivity index (χ4n) is 0. The Kier molecular flexibility index (Phi) is 14.1. The van der Waals surface area contributed by atoms with E-state index < -0.39 is 34.2 Å². The molecule has 7 heteroatoms. The first kappa shape index (κ1) is 29.1. The zero-order valence-corrected chi connectivity index (χ0v) is 16.3. The quantitative estimate of drug-likeness (QED) is 0.570. The van der Waals surface area contributed by atoms with E-state index in [1.807, 2.05) is 0 Å². The Balaban J connectivity index is -0.000000108. The number of carboxylic acid groups (broad SMARTS) is 3. The SMILES string of the molecule is CC(C)(C)C(=O)[O-].CC(C)(C)C(=O)[O-].CC(C)(C)C(=O)[O-].[V]. The van der Waals surface area contributed by atoms with Crippen LogP contribution in [0.5, 0.6) is 0 Å². The van der Waals surface area contributed by atoms with Gasteiger partial charge in [-0.2, -0.15) is 0 Å². The van der Waals surface area contributed by atoms with Crippen molar-refractivity contribution in [1.82, 2.24) is 0 Å². The third kappa shape index (κ3) is 21.3. The monoisotopic (exact) mass is 354 g/mol. The van der Waals surface area contributed by atoms with Gasteiger partial charge in [0.25, 0.3) is 0 Å². The average Bonchev–Trinajstić information content (AvgIpc) is 2.14. The molecule has 0 rings (SSSR count). The molecule has 0 bridgehead atoms. The summed E-state index contributed by atoms with van der Waals surface area (Å²) in [6, 6.07) is 0. The van der Waals surface area contributed by atoms with E-state index in [0.29, 0.717) is 0 Å². The van der Waals surface area contributed by atoms with Gasteiger partial charge in [0.1, 0.15) is 0 Å². The van der Waals surface area contributed by atoms with Crippen molar-refractivity contribution in [2.75, 3.05) is 0 Å². The molecule has 0 aliphatic heterocycles. The zero-order valence-electron chi connectivity index (χ0n) is 14.9. The molecular weight excluding hydrogens is 327 g/mol. The van der Waals surface area contributed by atoms with Crippen LogP contribution in [-0.4, -0.2) is 17.9 Å². The normalized spacial score (nSPS) is 10.8. The van der Waals surface area contributed by atoms with Crippen LogP contribution in [0.1, 0.15) is 62.3 Å². The molecule has 0 spiro atoms. The van der Waals surface area contributed by atoms with Gasteiger partial charge < -0.3 is 29.7 Å². The maximum Gasteiger partial charge on any atom is 0.0467 e. The Bertz CT molecular complexity index is 299. The summed E-state index contributed by atoms with van der Waals surface area (Å²) in [5.41, 5.74) is -2.08. The van der Waals surface area contributed by atoms with E-state index in [1.165, 1.54) is 0 Å². The van der Waals surface area contributed by atoms with E-state index in [-0.39, 0.29) is 18.6 Å². The molecule has 0 aromatic carbocycles. The molecule has 0 aromatic rings. The molecule has 22 heavy (non-hydrogen) atoms. The van der Waals surface area contributed by atoms with Gasteiger partial charge in [-0.05, 0) is 0 Å². The summed E-state index contributed by atoms with van der Waals surface area (Å²) < 4.78 is 0. The van der Waals surface area contributed by atoms with E-state index in [1.54, 1.807) is 62.3 Å². The predicted molar refractivity (Wildman–Crippen MR) is 73.4 cm³/mol. The van der Waals surface area contributed by atoms with E-state index in [0.717, 1.165) is 0 Å². The van der Waals surface area contributed by atoms with Crippen LogP contribution in [0.3, 0.4) is 0 Å². The summed E-state index contributed by atoms with van der Waals surface area (Å²) in [4.78, 5) is 29.7. The largest absolute Gasteiger partial charge is 0.550 e. The number of hydrogen-bond acceptors (Lipinski definition) is 6. The molecule has 0 N–H and O–H groups in total. The van der Waals surface area contributed by atoms with Crippen LogP contribution < -0.4 is 15.3 Å². The minimum atomic E-state index is -1.01. The molecule has 0 aliphatic carbocycles. The Morgan fingerprint density at radius 2 is 0.545 bits per heavy atom. The zero-order chi connectivity index (χ0) is 18.2. The maximum atomic E-state index is 9.91. The molecule has 0 heterocycles. The third-order valence-corrected chi connectivity index (χ3v) is 1.84. The van der Waals surface area contributed by atoms with Gasteiger partial charge in [-0.1, -0.05) is 62.3 Å². The first-order valence-electron chi connectivity index (χ1n) is 6.47. The van der Waals surface area contributed by atoms with Gasteiger partial charge in [0.05, 0.1) is 0 Å². The van der Waals surface area contributed by atoms with Gasteiger partial charge in [-0.25, -0.2) is 0 Å². The molecule has 0 unspecified atom stereocenters. The number of aliphatic carboxylic acids is 3. The average molecular weight is 354 g/mol. The van der Waals surface area contributed by atoms with Crippen LogP contribution in [0, 0.1) is 16.2 Å². The molecule has 0 aliphatic rings. The molecule has 1 radical (unpaired) electrons. The van der Waals surface area contributed by atoms with Crippen LogP contribution >= 0.6 is 0 Å². The Labute approximate surface area is 145 Å². The second-order valence-electron chi connectivity index (χ2n) is 7.61. The molecule has 0 fully saturated rings. The molecule has 0 atom stereocenters. The van der Waals surface area contributed by atoms with Crippen molar-refractivity contribution < 1.29 is 48.3 Å². The van der Waals surface area contributed by atoms with Crippen LogP contribution in [-0.2, 0) is 32.9 Å². The van der Waals surface area contributed by atoms with Crippen molar-refractivity contribution >= 4 is 17.9 Å². The van der Waals surface area contributed by atoms with Crippen LogP contribution in [0.15, 0.2) is 0 Å². The van der Waals surface area contributed by atoms with Crippen LogP contribution in [0.4, 0.5) is 0 Å². The Hall–Kier alpha value is -1.01. The van der Waals surface area contributed by atoms with Gasteiger partial charge in [-0.15, -0.1) is 0 Å². The fraction of sp³-hybridized carbons (Fsp3) is 0.800. The van der Waals surface area contributed by atoms with Crippen molar-refractivity contribution in [1.29, 1.82) is 0 Å². The maximum absolute atomic E-state index is 9.91. The number of carbonyl (C=O) groups excluding carboxylic acids is 3. The summed E-state index contributed by atoms with van der Waals surface area (Å²) >= 11 is 0. The van der Waals surface area contributed by atoms with Gasteiger partial charge in [0.15, 0.2) is 0 Å². The second kappa shape index (κ2) is 10.7. The summed E-state index contributed by atoms with van der Waals surface area (Å²) in [5, 5.41) is 29.7. The van der Waals surface area contributed by atoms with Crippen LogP contribution in [0.25, 0.3) is 0 Å². The van der Waals surface area contributed by atoms with E-state index >= 15 is 0 Å². The summed E-state index contributed by atoms with van der Waals surface area (Å²) in [6.45, 7) is 14.4. The first-order valence-corrected chi connectivity index (χ1v) is 6.47. The van der Waals surface area contributed by atoms with Crippen molar-refractivity contribution in [3.63, 3.8) is 0 Å². The van der Waals surface area contributed by atoms with Crippen molar-refractivity contribution in [2.45, 2.75) is 62.3 Å².